The SMILES string of the molecule is CC12CC1CNC2=O. The van der Waals surface area contributed by atoms with Crippen molar-refractivity contribution in [2.45, 2.75) is 13.3 Å². The summed E-state index contributed by atoms with van der Waals surface area (Å²) in [6.07, 6.45) is 1.12. The quantitative estimate of drug-likeness (QED) is 0.473. The van der Waals surface area contributed by atoms with Gasteiger partial charge in [0.05, 0.1) is 5.41 Å². The van der Waals surface area contributed by atoms with E-state index in [4.69, 9.17) is 0 Å². The van der Waals surface area contributed by atoms with Crippen molar-refractivity contribution in [2.24, 2.45) is 11.3 Å². The van der Waals surface area contributed by atoms with E-state index in [9.17, 15) is 4.79 Å². The van der Waals surface area contributed by atoms with Crippen LogP contribution in [0, 0.1) is 11.3 Å². The highest BCUT2D eigenvalue weighted by Gasteiger charge is 2.59. The first kappa shape index (κ1) is 4.36. The fourth-order valence-corrected chi connectivity index (χ4v) is 1.45. The molecule has 2 unspecified atom stereocenters. The number of hydrogen-bond acceptors (Lipinski definition) is 1. The molecule has 0 aromatic rings. The Balaban J connectivity index is 2.31. The number of carbonyl (C=O) groups excluding carboxylic acids is 1. The lowest BCUT2D eigenvalue weighted by atomic mass is 10.1. The van der Waals surface area contributed by atoms with Crippen molar-refractivity contribution in [3.8, 4) is 0 Å². The van der Waals surface area contributed by atoms with Gasteiger partial charge in [0.2, 0.25) is 5.91 Å². The Kier molecular flexibility index (Phi) is 0.504. The first-order valence-corrected chi connectivity index (χ1v) is 3.02. The molecule has 44 valence electrons. The van der Waals surface area contributed by atoms with Gasteiger partial charge < -0.3 is 5.32 Å². The Hall–Kier alpha value is -0.530. The molecule has 1 aliphatic heterocycles. The summed E-state index contributed by atoms with van der Waals surface area (Å²) >= 11 is 0. The molecule has 0 spiro atoms. The molecule has 1 amide bonds. The average Bonchev–Trinajstić information content (AvgIpc) is 2.31. The Labute approximate surface area is 48.3 Å². The molecule has 1 N–H and O–H groups in total. The van der Waals surface area contributed by atoms with Gasteiger partial charge in [0.15, 0.2) is 0 Å². The number of fused-ring (bicyclic) bond motifs is 1. The zero-order valence-electron chi connectivity index (χ0n) is 4.90. The summed E-state index contributed by atoms with van der Waals surface area (Å²) in [6.45, 7) is 2.97. The van der Waals surface area contributed by atoms with Crippen LogP contribution in [0.3, 0.4) is 0 Å². The number of amides is 1. The molecule has 1 saturated carbocycles. The summed E-state index contributed by atoms with van der Waals surface area (Å²) in [7, 11) is 0. The fraction of sp³-hybridized carbons (Fsp3) is 0.833. The predicted octanol–water partition coefficient (Wildman–Crippen LogP) is 0.142. The minimum Gasteiger partial charge on any atom is -0.355 e. The van der Waals surface area contributed by atoms with E-state index in [2.05, 4.69) is 5.32 Å². The average molecular weight is 111 g/mol. The van der Waals surface area contributed by atoms with E-state index in [1.54, 1.807) is 0 Å². The van der Waals surface area contributed by atoms with Crippen molar-refractivity contribution in [2.75, 3.05) is 6.54 Å². The topological polar surface area (TPSA) is 29.1 Å². The maximum atomic E-state index is 10.8. The predicted molar refractivity (Wildman–Crippen MR) is 29.2 cm³/mol. The molecule has 2 fully saturated rings. The van der Waals surface area contributed by atoms with E-state index < -0.39 is 0 Å². The highest BCUT2D eigenvalue weighted by molar-refractivity contribution is 5.88. The highest BCUT2D eigenvalue weighted by Crippen LogP contribution is 2.54. The van der Waals surface area contributed by atoms with Crippen molar-refractivity contribution in [3.05, 3.63) is 0 Å². The first-order chi connectivity index (χ1) is 3.73. The molecule has 0 bridgehead atoms. The third-order valence-corrected chi connectivity index (χ3v) is 2.44. The zero-order valence-corrected chi connectivity index (χ0v) is 4.90. The monoisotopic (exact) mass is 111 g/mol. The van der Waals surface area contributed by atoms with Crippen LogP contribution >= 0.6 is 0 Å². The lowest BCUT2D eigenvalue weighted by Gasteiger charge is -1.97. The van der Waals surface area contributed by atoms with Gasteiger partial charge in [-0.2, -0.15) is 0 Å². The van der Waals surface area contributed by atoms with E-state index in [1.807, 2.05) is 6.92 Å². The van der Waals surface area contributed by atoms with E-state index >= 15 is 0 Å². The van der Waals surface area contributed by atoms with Gasteiger partial charge in [0.25, 0.3) is 0 Å². The normalized spacial score (nSPS) is 50.6. The van der Waals surface area contributed by atoms with Gasteiger partial charge in [-0.05, 0) is 12.3 Å². The Morgan fingerprint density at radius 1 is 1.88 bits per heavy atom. The van der Waals surface area contributed by atoms with E-state index in [0.29, 0.717) is 5.92 Å². The summed E-state index contributed by atoms with van der Waals surface area (Å²) < 4.78 is 0. The summed E-state index contributed by atoms with van der Waals surface area (Å²) in [6, 6.07) is 0. The minimum absolute atomic E-state index is 0.0694. The van der Waals surface area contributed by atoms with Crippen LogP contribution in [0.5, 0.6) is 0 Å². The number of piperidine rings is 1. The molecule has 2 heteroatoms. The van der Waals surface area contributed by atoms with Crippen LogP contribution in [-0.4, -0.2) is 12.5 Å². The van der Waals surface area contributed by atoms with Gasteiger partial charge >= 0.3 is 0 Å². The molecule has 0 aromatic carbocycles. The first-order valence-electron chi connectivity index (χ1n) is 3.02. The lowest BCUT2D eigenvalue weighted by molar-refractivity contribution is -0.123. The van der Waals surface area contributed by atoms with Gasteiger partial charge in [-0.15, -0.1) is 0 Å². The summed E-state index contributed by atoms with van der Waals surface area (Å²) in [4.78, 5) is 10.8. The molecule has 2 nitrogen and oxygen atoms in total. The lowest BCUT2D eigenvalue weighted by Crippen LogP contribution is -2.23. The number of rotatable bonds is 0. The van der Waals surface area contributed by atoms with Crippen LogP contribution in [0.2, 0.25) is 0 Å². The second kappa shape index (κ2) is 0.925. The van der Waals surface area contributed by atoms with Gasteiger partial charge in [-0.3, -0.25) is 4.79 Å². The third kappa shape index (κ3) is 0.288. The van der Waals surface area contributed by atoms with Crippen molar-refractivity contribution in [1.29, 1.82) is 0 Å². The summed E-state index contributed by atoms with van der Waals surface area (Å²) in [5.74, 6) is 0.942. The van der Waals surface area contributed by atoms with Crippen molar-refractivity contribution in [1.82, 2.24) is 5.32 Å². The van der Waals surface area contributed by atoms with Crippen LogP contribution in [0.1, 0.15) is 13.3 Å². The Morgan fingerprint density at radius 2 is 2.62 bits per heavy atom. The standard InChI is InChI=1S/C6H9NO/c1-6-2-4(6)3-7-5(6)8/h4H,2-3H2,1H3,(H,7,8). The maximum Gasteiger partial charge on any atom is 0.226 e. The second-order valence-corrected chi connectivity index (χ2v) is 3.03. The van der Waals surface area contributed by atoms with E-state index in [-0.39, 0.29) is 11.3 Å². The van der Waals surface area contributed by atoms with Crippen LogP contribution in [-0.2, 0) is 4.79 Å². The second-order valence-electron chi connectivity index (χ2n) is 3.03. The molecule has 1 saturated heterocycles. The molecule has 1 heterocycles. The maximum absolute atomic E-state index is 10.8. The molecule has 2 atom stereocenters. The van der Waals surface area contributed by atoms with Crippen molar-refractivity contribution in [3.63, 3.8) is 0 Å². The molecule has 0 aromatic heterocycles. The smallest absolute Gasteiger partial charge is 0.226 e. The highest BCUT2D eigenvalue weighted by atomic mass is 16.2. The molecular weight excluding hydrogens is 102 g/mol. The fourth-order valence-electron chi connectivity index (χ4n) is 1.45. The van der Waals surface area contributed by atoms with Crippen molar-refractivity contribution < 1.29 is 4.79 Å². The van der Waals surface area contributed by atoms with E-state index in [0.717, 1.165) is 13.0 Å². The Bertz CT molecular complexity index is 153. The molecule has 8 heavy (non-hydrogen) atoms. The van der Waals surface area contributed by atoms with Gasteiger partial charge in [-0.25, -0.2) is 0 Å². The van der Waals surface area contributed by atoms with Crippen LogP contribution < -0.4 is 5.32 Å². The molecule has 1 aliphatic carbocycles. The molecular formula is C6H9NO. The van der Waals surface area contributed by atoms with Crippen molar-refractivity contribution >= 4 is 5.91 Å². The zero-order chi connectivity index (χ0) is 5.78. The van der Waals surface area contributed by atoms with E-state index in [1.165, 1.54) is 0 Å². The van der Waals surface area contributed by atoms with Gasteiger partial charge in [0, 0.05) is 6.54 Å². The van der Waals surface area contributed by atoms with Gasteiger partial charge in [0.1, 0.15) is 0 Å². The molecule has 2 rings (SSSR count). The minimum atomic E-state index is 0.0694. The number of hydrogen-bond donors (Lipinski definition) is 1. The van der Waals surface area contributed by atoms with Crippen LogP contribution in [0.25, 0.3) is 0 Å². The number of carbonyl (C=O) groups is 1. The van der Waals surface area contributed by atoms with Crippen LogP contribution in [0.15, 0.2) is 0 Å². The number of nitrogens with one attached hydrogen (secondary N) is 1. The Morgan fingerprint density at radius 3 is 2.75 bits per heavy atom. The summed E-state index contributed by atoms with van der Waals surface area (Å²) in [5, 5.41) is 2.82. The molecule has 0 radical (unpaired) electrons. The van der Waals surface area contributed by atoms with Crippen LogP contribution in [0.4, 0.5) is 0 Å². The third-order valence-electron chi connectivity index (χ3n) is 2.44. The largest absolute Gasteiger partial charge is 0.355 e. The van der Waals surface area contributed by atoms with Gasteiger partial charge in [-0.1, -0.05) is 6.92 Å². The molecule has 2 aliphatic rings. The summed E-state index contributed by atoms with van der Waals surface area (Å²) in [5.41, 5.74) is 0.0694.